The predicted molar refractivity (Wildman–Crippen MR) is 93.5 cm³/mol. The maximum Gasteiger partial charge on any atom is 0.238 e. The van der Waals surface area contributed by atoms with Crippen LogP contribution < -0.4 is 5.32 Å². The molecular formula is C17H26N6O. The number of tetrazole rings is 1. The Hall–Kier alpha value is -2.28. The third-order valence-electron chi connectivity index (χ3n) is 3.73. The summed E-state index contributed by atoms with van der Waals surface area (Å²) in [7, 11) is 0. The van der Waals surface area contributed by atoms with Crippen molar-refractivity contribution < 1.29 is 4.79 Å². The second-order valence-corrected chi connectivity index (χ2v) is 5.89. The van der Waals surface area contributed by atoms with Crippen LogP contribution in [0.4, 0.5) is 5.69 Å². The molecule has 2 aromatic rings. The Balaban J connectivity index is 1.98. The van der Waals surface area contributed by atoms with Crippen molar-refractivity contribution in [1.29, 1.82) is 0 Å². The predicted octanol–water partition coefficient (Wildman–Crippen LogP) is 2.24. The van der Waals surface area contributed by atoms with Crippen molar-refractivity contribution in [3.8, 4) is 0 Å². The first kappa shape index (κ1) is 18.1. The minimum atomic E-state index is -0.0210. The molecule has 0 aliphatic rings. The number of amides is 1. The molecule has 1 N–H and O–H groups in total. The summed E-state index contributed by atoms with van der Waals surface area (Å²) >= 11 is 0. The van der Waals surface area contributed by atoms with Crippen LogP contribution in [-0.2, 0) is 17.9 Å². The molecule has 1 aromatic heterocycles. The van der Waals surface area contributed by atoms with E-state index in [-0.39, 0.29) is 5.91 Å². The molecule has 0 unspecified atom stereocenters. The lowest BCUT2D eigenvalue weighted by Crippen LogP contribution is -2.34. The van der Waals surface area contributed by atoms with Crippen LogP contribution >= 0.6 is 0 Å². The zero-order chi connectivity index (χ0) is 17.4. The molecule has 0 bridgehead atoms. The minimum absolute atomic E-state index is 0.0210. The number of anilines is 1. The first-order valence-corrected chi connectivity index (χ1v) is 8.46. The van der Waals surface area contributed by atoms with Crippen molar-refractivity contribution in [3.05, 3.63) is 35.7 Å². The van der Waals surface area contributed by atoms with Crippen molar-refractivity contribution in [2.45, 2.75) is 46.7 Å². The lowest BCUT2D eigenvalue weighted by atomic mass is 10.2. The number of hydrogen-bond donors (Lipinski definition) is 1. The van der Waals surface area contributed by atoms with Gasteiger partial charge in [-0.2, -0.15) is 0 Å². The van der Waals surface area contributed by atoms with E-state index in [2.05, 4.69) is 39.6 Å². The smallest absolute Gasteiger partial charge is 0.238 e. The molecule has 0 spiro atoms. The number of nitrogens with one attached hydrogen (secondary N) is 1. The summed E-state index contributed by atoms with van der Waals surface area (Å²) in [5, 5.41) is 14.8. The highest BCUT2D eigenvalue weighted by Crippen LogP contribution is 2.13. The molecular weight excluding hydrogens is 304 g/mol. The van der Waals surface area contributed by atoms with E-state index in [1.54, 1.807) is 0 Å². The van der Waals surface area contributed by atoms with E-state index >= 15 is 0 Å². The highest BCUT2D eigenvalue weighted by molar-refractivity contribution is 5.92. The second-order valence-electron chi connectivity index (χ2n) is 5.89. The lowest BCUT2D eigenvalue weighted by Gasteiger charge is -2.20. The zero-order valence-corrected chi connectivity index (χ0v) is 14.7. The van der Waals surface area contributed by atoms with Crippen molar-refractivity contribution in [2.75, 3.05) is 18.4 Å². The van der Waals surface area contributed by atoms with Crippen LogP contribution in [0.25, 0.3) is 0 Å². The molecule has 1 heterocycles. The van der Waals surface area contributed by atoms with E-state index in [1.807, 2.05) is 35.9 Å². The van der Waals surface area contributed by atoms with Crippen LogP contribution in [0.1, 0.15) is 38.1 Å². The monoisotopic (exact) mass is 330 g/mol. The molecule has 130 valence electrons. The first-order valence-electron chi connectivity index (χ1n) is 8.46. The van der Waals surface area contributed by atoms with Crippen molar-refractivity contribution in [2.24, 2.45) is 0 Å². The minimum Gasteiger partial charge on any atom is -0.325 e. The van der Waals surface area contributed by atoms with Crippen molar-refractivity contribution in [3.63, 3.8) is 0 Å². The number of aryl methyl sites for hydroxylation is 2. The van der Waals surface area contributed by atoms with Gasteiger partial charge >= 0.3 is 0 Å². The van der Waals surface area contributed by atoms with Gasteiger partial charge in [-0.25, -0.2) is 4.68 Å². The van der Waals surface area contributed by atoms with Gasteiger partial charge in [0.25, 0.3) is 0 Å². The number of carbonyl (C=O) groups is 1. The summed E-state index contributed by atoms with van der Waals surface area (Å²) in [6.07, 6.45) is 1.94. The molecule has 0 saturated heterocycles. The van der Waals surface area contributed by atoms with Crippen LogP contribution in [0.3, 0.4) is 0 Å². The molecule has 0 aliphatic carbocycles. The van der Waals surface area contributed by atoms with Crippen LogP contribution in [0.15, 0.2) is 24.3 Å². The Morgan fingerprint density at radius 2 is 2.04 bits per heavy atom. The average Bonchev–Trinajstić information content (AvgIpc) is 2.97. The molecule has 0 fully saturated rings. The Bertz CT molecular complexity index is 654. The Kier molecular flexibility index (Phi) is 6.87. The van der Waals surface area contributed by atoms with E-state index in [1.165, 1.54) is 0 Å². The fourth-order valence-electron chi connectivity index (χ4n) is 2.56. The Morgan fingerprint density at radius 3 is 2.75 bits per heavy atom. The quantitative estimate of drug-likeness (QED) is 0.763. The zero-order valence-electron chi connectivity index (χ0n) is 14.7. The van der Waals surface area contributed by atoms with Crippen LogP contribution in [0.2, 0.25) is 0 Å². The van der Waals surface area contributed by atoms with E-state index in [0.29, 0.717) is 13.1 Å². The molecule has 7 heteroatoms. The Labute approximate surface area is 143 Å². The van der Waals surface area contributed by atoms with Crippen LogP contribution in [-0.4, -0.2) is 44.1 Å². The number of para-hydroxylation sites is 1. The second kappa shape index (κ2) is 9.12. The van der Waals surface area contributed by atoms with Gasteiger partial charge < -0.3 is 5.32 Å². The number of rotatable bonds is 9. The van der Waals surface area contributed by atoms with Gasteiger partial charge in [-0.15, -0.1) is 5.10 Å². The maximum absolute atomic E-state index is 12.4. The van der Waals surface area contributed by atoms with Gasteiger partial charge in [0.1, 0.15) is 0 Å². The van der Waals surface area contributed by atoms with Gasteiger partial charge in [-0.3, -0.25) is 9.69 Å². The molecule has 2 rings (SSSR count). The van der Waals surface area contributed by atoms with Crippen molar-refractivity contribution >= 4 is 11.6 Å². The van der Waals surface area contributed by atoms with E-state index in [9.17, 15) is 4.79 Å². The summed E-state index contributed by atoms with van der Waals surface area (Å²) in [6, 6.07) is 7.78. The van der Waals surface area contributed by atoms with E-state index in [4.69, 9.17) is 0 Å². The van der Waals surface area contributed by atoms with Gasteiger partial charge in [-0.1, -0.05) is 32.0 Å². The summed E-state index contributed by atoms with van der Waals surface area (Å²) in [6.45, 7) is 8.67. The van der Waals surface area contributed by atoms with Crippen LogP contribution in [0, 0.1) is 6.92 Å². The van der Waals surface area contributed by atoms with Gasteiger partial charge in [0.2, 0.25) is 5.91 Å². The topological polar surface area (TPSA) is 75.9 Å². The van der Waals surface area contributed by atoms with E-state index < -0.39 is 0 Å². The number of aromatic nitrogens is 4. The third-order valence-corrected chi connectivity index (χ3v) is 3.73. The van der Waals surface area contributed by atoms with Gasteiger partial charge in [-0.05, 0) is 48.4 Å². The fraction of sp³-hybridized carbons (Fsp3) is 0.529. The molecule has 24 heavy (non-hydrogen) atoms. The normalized spacial score (nSPS) is 11.0. The molecule has 0 aliphatic heterocycles. The molecule has 7 nitrogen and oxygen atoms in total. The lowest BCUT2D eigenvalue weighted by molar-refractivity contribution is -0.117. The van der Waals surface area contributed by atoms with Crippen LogP contribution in [0.5, 0.6) is 0 Å². The SMILES string of the molecule is CCCN(CC(=O)Nc1ccccc1C)Cc1nnnn1CCC. The number of nitrogens with zero attached hydrogens (tertiary/aromatic N) is 5. The molecule has 0 saturated carbocycles. The maximum atomic E-state index is 12.4. The van der Waals surface area contributed by atoms with Crippen molar-refractivity contribution in [1.82, 2.24) is 25.1 Å². The van der Waals surface area contributed by atoms with Gasteiger partial charge in [0, 0.05) is 12.2 Å². The Morgan fingerprint density at radius 1 is 1.25 bits per heavy atom. The van der Waals surface area contributed by atoms with Gasteiger partial charge in [0.15, 0.2) is 5.82 Å². The number of carbonyl (C=O) groups excluding carboxylic acids is 1. The number of benzene rings is 1. The summed E-state index contributed by atoms with van der Waals surface area (Å²) < 4.78 is 1.81. The van der Waals surface area contributed by atoms with E-state index in [0.717, 1.165) is 43.0 Å². The summed E-state index contributed by atoms with van der Waals surface area (Å²) in [5.74, 6) is 0.779. The highest BCUT2D eigenvalue weighted by Gasteiger charge is 2.15. The third kappa shape index (κ3) is 5.13. The standard InChI is InChI=1S/C17H26N6O/c1-4-10-22(12-16-19-20-21-23(16)11-5-2)13-17(24)18-15-9-7-6-8-14(15)3/h6-9H,4-5,10-13H2,1-3H3,(H,18,24). The summed E-state index contributed by atoms with van der Waals surface area (Å²) in [4.78, 5) is 14.5. The fourth-order valence-corrected chi connectivity index (χ4v) is 2.56. The molecule has 0 atom stereocenters. The molecule has 1 aromatic carbocycles. The molecule has 1 amide bonds. The van der Waals surface area contributed by atoms with Gasteiger partial charge in [0.05, 0.1) is 13.1 Å². The number of hydrogen-bond acceptors (Lipinski definition) is 5. The molecule has 0 radical (unpaired) electrons. The average molecular weight is 330 g/mol. The summed E-state index contributed by atoms with van der Waals surface area (Å²) in [5.41, 5.74) is 1.91. The largest absolute Gasteiger partial charge is 0.325 e. The first-order chi connectivity index (χ1) is 11.6. The highest BCUT2D eigenvalue weighted by atomic mass is 16.2.